The number of halogens is 1. The van der Waals surface area contributed by atoms with Gasteiger partial charge >= 0.3 is 0 Å². The van der Waals surface area contributed by atoms with Crippen molar-refractivity contribution in [1.82, 2.24) is 9.78 Å². The first-order valence-corrected chi connectivity index (χ1v) is 6.40. The first-order chi connectivity index (χ1) is 9.15. The highest BCUT2D eigenvalue weighted by atomic mass is 35.5. The van der Waals surface area contributed by atoms with Crippen LogP contribution in [-0.2, 0) is 13.0 Å². The van der Waals surface area contributed by atoms with Gasteiger partial charge in [0.15, 0.2) is 0 Å². The highest BCUT2D eigenvalue weighted by molar-refractivity contribution is 6.30. The van der Waals surface area contributed by atoms with Gasteiger partial charge in [0.05, 0.1) is 18.2 Å². The fourth-order valence-electron chi connectivity index (χ4n) is 1.81. The van der Waals surface area contributed by atoms with E-state index in [1.54, 1.807) is 16.8 Å². The topological polar surface area (TPSA) is 50.8 Å². The standard InChI is InChI=1S/C14H14ClN3O/c1-3-18-14(10(2)13(17-18)7-8-16)19-12-6-4-5-11(15)9-12/h4-6,9H,3,7H2,1-2H3. The number of nitrogens with zero attached hydrogens (tertiary/aromatic N) is 3. The highest BCUT2D eigenvalue weighted by Gasteiger charge is 2.15. The van der Waals surface area contributed by atoms with Crippen molar-refractivity contribution in [3.63, 3.8) is 0 Å². The molecule has 0 aliphatic carbocycles. The summed E-state index contributed by atoms with van der Waals surface area (Å²) >= 11 is 5.93. The lowest BCUT2D eigenvalue weighted by Gasteiger charge is -2.08. The Kier molecular flexibility index (Phi) is 4.08. The quantitative estimate of drug-likeness (QED) is 0.854. The van der Waals surface area contributed by atoms with Gasteiger partial charge in [-0.25, -0.2) is 4.68 Å². The number of hydrogen-bond donors (Lipinski definition) is 0. The summed E-state index contributed by atoms with van der Waals surface area (Å²) in [6.45, 7) is 4.57. The van der Waals surface area contributed by atoms with E-state index in [9.17, 15) is 0 Å². The lowest BCUT2D eigenvalue weighted by atomic mass is 10.2. The van der Waals surface area contributed by atoms with Crippen molar-refractivity contribution in [3.05, 3.63) is 40.5 Å². The van der Waals surface area contributed by atoms with Crippen LogP contribution in [0.2, 0.25) is 5.02 Å². The zero-order valence-corrected chi connectivity index (χ0v) is 11.6. The van der Waals surface area contributed by atoms with Gasteiger partial charge in [0, 0.05) is 17.1 Å². The van der Waals surface area contributed by atoms with Gasteiger partial charge in [0.2, 0.25) is 5.88 Å². The number of hydrogen-bond acceptors (Lipinski definition) is 3. The SMILES string of the molecule is CCn1nc(CC#N)c(C)c1Oc1cccc(Cl)c1. The summed E-state index contributed by atoms with van der Waals surface area (Å²) in [5, 5.41) is 13.8. The van der Waals surface area contributed by atoms with E-state index in [2.05, 4.69) is 11.2 Å². The van der Waals surface area contributed by atoms with Crippen LogP contribution < -0.4 is 4.74 Å². The lowest BCUT2D eigenvalue weighted by molar-refractivity contribution is 0.414. The summed E-state index contributed by atoms with van der Waals surface area (Å²) in [5.74, 6) is 1.32. The van der Waals surface area contributed by atoms with Crippen LogP contribution in [-0.4, -0.2) is 9.78 Å². The minimum atomic E-state index is 0.282. The third-order valence-electron chi connectivity index (χ3n) is 2.79. The Morgan fingerprint density at radius 2 is 2.26 bits per heavy atom. The molecule has 0 radical (unpaired) electrons. The Morgan fingerprint density at radius 1 is 1.47 bits per heavy atom. The van der Waals surface area contributed by atoms with Gasteiger partial charge < -0.3 is 4.74 Å². The van der Waals surface area contributed by atoms with Crippen LogP contribution in [0.1, 0.15) is 18.2 Å². The van der Waals surface area contributed by atoms with Gasteiger partial charge in [-0.1, -0.05) is 17.7 Å². The van der Waals surface area contributed by atoms with Crippen LogP contribution in [0.4, 0.5) is 0 Å². The summed E-state index contributed by atoms with van der Waals surface area (Å²) in [6, 6.07) is 9.31. The Morgan fingerprint density at radius 3 is 2.89 bits per heavy atom. The van der Waals surface area contributed by atoms with Crippen molar-refractivity contribution in [2.45, 2.75) is 26.8 Å². The molecule has 0 aliphatic rings. The minimum absolute atomic E-state index is 0.282. The summed E-state index contributed by atoms with van der Waals surface area (Å²) in [6.07, 6.45) is 0.282. The van der Waals surface area contributed by atoms with Crippen molar-refractivity contribution in [2.75, 3.05) is 0 Å². The van der Waals surface area contributed by atoms with Crippen molar-refractivity contribution in [1.29, 1.82) is 5.26 Å². The zero-order chi connectivity index (χ0) is 13.8. The second-order valence-corrected chi connectivity index (χ2v) is 4.52. The monoisotopic (exact) mass is 275 g/mol. The van der Waals surface area contributed by atoms with Crippen LogP contribution in [0.15, 0.2) is 24.3 Å². The largest absolute Gasteiger partial charge is 0.439 e. The third-order valence-corrected chi connectivity index (χ3v) is 3.02. The van der Waals surface area contributed by atoms with Crippen LogP contribution >= 0.6 is 11.6 Å². The average molecular weight is 276 g/mol. The van der Waals surface area contributed by atoms with E-state index < -0.39 is 0 Å². The predicted molar refractivity (Wildman–Crippen MR) is 73.5 cm³/mol. The first kappa shape index (κ1) is 13.4. The molecule has 1 aromatic heterocycles. The van der Waals surface area contributed by atoms with Gasteiger partial charge in [0.25, 0.3) is 0 Å². The summed E-state index contributed by atoms with van der Waals surface area (Å²) in [5.41, 5.74) is 1.64. The van der Waals surface area contributed by atoms with Crippen LogP contribution in [0.3, 0.4) is 0 Å². The maximum Gasteiger partial charge on any atom is 0.221 e. The van der Waals surface area contributed by atoms with E-state index in [-0.39, 0.29) is 6.42 Å². The summed E-state index contributed by atoms with van der Waals surface area (Å²) in [7, 11) is 0. The van der Waals surface area contributed by atoms with Crippen molar-refractivity contribution >= 4 is 11.6 Å². The molecular formula is C14H14ClN3O. The predicted octanol–water partition coefficient (Wildman–Crippen LogP) is 3.72. The Labute approximate surface area is 117 Å². The maximum atomic E-state index is 8.79. The molecule has 4 nitrogen and oxygen atoms in total. The molecular weight excluding hydrogens is 262 g/mol. The second-order valence-electron chi connectivity index (χ2n) is 4.09. The molecule has 1 aromatic carbocycles. The smallest absolute Gasteiger partial charge is 0.221 e. The molecule has 98 valence electrons. The Hall–Kier alpha value is -1.99. The average Bonchev–Trinajstić information content (AvgIpc) is 2.68. The fourth-order valence-corrected chi connectivity index (χ4v) is 1.99. The molecule has 1 heterocycles. The first-order valence-electron chi connectivity index (χ1n) is 6.02. The third kappa shape index (κ3) is 2.88. The second kappa shape index (κ2) is 5.77. The number of rotatable bonds is 4. The van der Waals surface area contributed by atoms with E-state index in [1.165, 1.54) is 0 Å². The van der Waals surface area contributed by atoms with Crippen molar-refractivity contribution in [3.8, 4) is 17.7 Å². The molecule has 0 amide bonds. The van der Waals surface area contributed by atoms with E-state index in [0.717, 1.165) is 11.3 Å². The number of ether oxygens (including phenoxy) is 1. The molecule has 0 unspecified atom stereocenters. The molecule has 0 spiro atoms. The number of benzene rings is 1. The molecule has 5 heteroatoms. The molecule has 0 bridgehead atoms. The van der Waals surface area contributed by atoms with Gasteiger partial charge in [-0.15, -0.1) is 0 Å². The van der Waals surface area contributed by atoms with E-state index in [1.807, 2.05) is 26.0 Å². The number of nitriles is 1. The Balaban J connectivity index is 2.36. The normalized spacial score (nSPS) is 10.2. The van der Waals surface area contributed by atoms with Gasteiger partial charge in [-0.2, -0.15) is 10.4 Å². The molecule has 0 aliphatic heterocycles. The van der Waals surface area contributed by atoms with Crippen LogP contribution in [0, 0.1) is 18.3 Å². The molecule has 0 atom stereocenters. The highest BCUT2D eigenvalue weighted by Crippen LogP contribution is 2.29. The lowest BCUT2D eigenvalue weighted by Crippen LogP contribution is -2.00. The summed E-state index contributed by atoms with van der Waals surface area (Å²) in [4.78, 5) is 0. The molecule has 0 saturated heterocycles. The van der Waals surface area contributed by atoms with Gasteiger partial charge in [-0.3, -0.25) is 0 Å². The van der Waals surface area contributed by atoms with E-state index >= 15 is 0 Å². The maximum absolute atomic E-state index is 8.79. The molecule has 2 aromatic rings. The molecule has 0 fully saturated rings. The number of aromatic nitrogens is 2. The molecule has 19 heavy (non-hydrogen) atoms. The van der Waals surface area contributed by atoms with E-state index in [4.69, 9.17) is 21.6 Å². The minimum Gasteiger partial charge on any atom is -0.439 e. The van der Waals surface area contributed by atoms with Crippen LogP contribution in [0.25, 0.3) is 0 Å². The Bertz CT molecular complexity index is 628. The summed E-state index contributed by atoms with van der Waals surface area (Å²) < 4.78 is 7.60. The van der Waals surface area contributed by atoms with Crippen LogP contribution in [0.5, 0.6) is 11.6 Å². The van der Waals surface area contributed by atoms with Crippen molar-refractivity contribution < 1.29 is 4.74 Å². The zero-order valence-electron chi connectivity index (χ0n) is 10.9. The van der Waals surface area contributed by atoms with E-state index in [0.29, 0.717) is 23.2 Å². The van der Waals surface area contributed by atoms with Crippen molar-refractivity contribution in [2.24, 2.45) is 0 Å². The molecule has 2 rings (SSSR count). The fraction of sp³-hybridized carbons (Fsp3) is 0.286. The molecule has 0 saturated carbocycles. The number of aryl methyl sites for hydroxylation is 1. The van der Waals surface area contributed by atoms with Gasteiger partial charge in [0.1, 0.15) is 5.75 Å². The molecule has 0 N–H and O–H groups in total. The van der Waals surface area contributed by atoms with Gasteiger partial charge in [-0.05, 0) is 32.0 Å².